The van der Waals surface area contributed by atoms with Crippen LogP contribution < -0.4 is 5.73 Å². The van der Waals surface area contributed by atoms with Gasteiger partial charge in [0.05, 0.1) is 11.4 Å². The molecule has 0 saturated carbocycles. The summed E-state index contributed by atoms with van der Waals surface area (Å²) < 4.78 is 1.69. The first-order valence-electron chi connectivity index (χ1n) is 4.79. The smallest absolute Gasteiger partial charge is 0.108 e. The van der Waals surface area contributed by atoms with Crippen molar-refractivity contribution in [2.45, 2.75) is 32.3 Å². The Labute approximate surface area is 84.7 Å². The number of hydrogen-bond donors (Lipinski definition) is 2. The fourth-order valence-corrected chi connectivity index (χ4v) is 1.28. The van der Waals surface area contributed by atoms with E-state index >= 15 is 0 Å². The summed E-state index contributed by atoms with van der Waals surface area (Å²) in [4.78, 5) is 0. The molecule has 0 radical (unpaired) electrons. The van der Waals surface area contributed by atoms with Gasteiger partial charge in [-0.2, -0.15) is 5.10 Å². The first-order chi connectivity index (χ1) is 6.36. The maximum atomic E-state index is 9.60. The van der Waals surface area contributed by atoms with Crippen LogP contribution in [-0.2, 0) is 12.5 Å². The molecule has 0 fully saturated rings. The number of rotatable bonds is 2. The first-order valence-corrected chi connectivity index (χ1v) is 4.79. The van der Waals surface area contributed by atoms with Crippen molar-refractivity contribution >= 4 is 0 Å². The average molecular weight is 197 g/mol. The average Bonchev–Trinajstić information content (AvgIpc) is 2.45. The maximum absolute atomic E-state index is 9.60. The quantitative estimate of drug-likeness (QED) is 0.734. The van der Waals surface area contributed by atoms with Crippen LogP contribution in [0.4, 0.5) is 0 Å². The highest BCUT2D eigenvalue weighted by Gasteiger charge is 2.20. The molecule has 1 aromatic rings. The molecular weight excluding hydrogens is 178 g/mol. The predicted octanol–water partition coefficient (Wildman–Crippen LogP) is 0.710. The highest BCUT2D eigenvalue weighted by atomic mass is 16.3. The van der Waals surface area contributed by atoms with Crippen molar-refractivity contribution in [1.29, 1.82) is 0 Å². The number of nitrogens with two attached hydrogens (primary N) is 1. The summed E-state index contributed by atoms with van der Waals surface area (Å²) in [6.07, 6.45) is -0.622. The van der Waals surface area contributed by atoms with Gasteiger partial charge in [-0.05, 0) is 6.07 Å². The third-order valence-electron chi connectivity index (χ3n) is 2.25. The molecule has 1 aromatic heterocycles. The lowest BCUT2D eigenvalue weighted by Gasteiger charge is -2.13. The normalized spacial score (nSPS) is 14.4. The molecule has 0 saturated heterocycles. The minimum Gasteiger partial charge on any atom is -0.385 e. The van der Waals surface area contributed by atoms with E-state index in [0.717, 1.165) is 11.4 Å². The van der Waals surface area contributed by atoms with Crippen LogP contribution in [-0.4, -0.2) is 21.4 Å². The van der Waals surface area contributed by atoms with Crippen molar-refractivity contribution < 1.29 is 5.11 Å². The fraction of sp³-hybridized carbons (Fsp3) is 0.700. The van der Waals surface area contributed by atoms with Crippen LogP contribution in [0.1, 0.15) is 38.3 Å². The molecule has 0 aliphatic rings. The first kappa shape index (κ1) is 11.2. The Kier molecular flexibility index (Phi) is 2.97. The Balaban J connectivity index is 3.05. The van der Waals surface area contributed by atoms with Crippen molar-refractivity contribution in [2.75, 3.05) is 6.54 Å². The van der Waals surface area contributed by atoms with Crippen molar-refractivity contribution in [1.82, 2.24) is 9.78 Å². The molecule has 4 nitrogen and oxygen atoms in total. The fourth-order valence-electron chi connectivity index (χ4n) is 1.28. The van der Waals surface area contributed by atoms with Crippen LogP contribution in [0.5, 0.6) is 0 Å². The van der Waals surface area contributed by atoms with Gasteiger partial charge >= 0.3 is 0 Å². The minimum absolute atomic E-state index is 0.00429. The van der Waals surface area contributed by atoms with Gasteiger partial charge in [0.25, 0.3) is 0 Å². The molecule has 0 amide bonds. The monoisotopic (exact) mass is 197 g/mol. The highest BCUT2D eigenvalue weighted by molar-refractivity contribution is 5.19. The van der Waals surface area contributed by atoms with E-state index in [1.165, 1.54) is 0 Å². The Bertz CT molecular complexity index is 312. The minimum atomic E-state index is -0.622. The Morgan fingerprint density at radius 2 is 2.14 bits per heavy atom. The van der Waals surface area contributed by atoms with Crippen LogP contribution in [0.2, 0.25) is 0 Å². The van der Waals surface area contributed by atoms with E-state index in [0.29, 0.717) is 0 Å². The second-order valence-electron chi connectivity index (χ2n) is 4.58. The van der Waals surface area contributed by atoms with E-state index in [1.807, 2.05) is 13.1 Å². The molecule has 0 aliphatic carbocycles. The van der Waals surface area contributed by atoms with Crippen LogP contribution in [0.25, 0.3) is 0 Å². The van der Waals surface area contributed by atoms with Gasteiger partial charge < -0.3 is 10.8 Å². The molecule has 1 heterocycles. The Morgan fingerprint density at radius 3 is 2.50 bits per heavy atom. The second-order valence-corrected chi connectivity index (χ2v) is 4.58. The van der Waals surface area contributed by atoms with Gasteiger partial charge in [-0.15, -0.1) is 0 Å². The molecule has 0 bridgehead atoms. The van der Waals surface area contributed by atoms with E-state index in [4.69, 9.17) is 5.73 Å². The summed E-state index contributed by atoms with van der Waals surface area (Å²) in [6, 6.07) is 1.91. The third-order valence-corrected chi connectivity index (χ3v) is 2.25. The molecule has 3 N–H and O–H groups in total. The lowest BCUT2D eigenvalue weighted by atomic mass is 9.92. The summed E-state index contributed by atoms with van der Waals surface area (Å²) in [5, 5.41) is 14.0. The SMILES string of the molecule is Cn1nc(C(C)(C)C)cc1[C@@H](O)CN. The van der Waals surface area contributed by atoms with Gasteiger partial charge in [-0.3, -0.25) is 4.68 Å². The number of aromatic nitrogens is 2. The molecule has 0 aliphatic heterocycles. The van der Waals surface area contributed by atoms with E-state index in [1.54, 1.807) is 4.68 Å². The number of aryl methyl sites for hydroxylation is 1. The van der Waals surface area contributed by atoms with Crippen molar-refractivity contribution in [2.24, 2.45) is 12.8 Å². The zero-order chi connectivity index (χ0) is 10.9. The maximum Gasteiger partial charge on any atom is 0.108 e. The van der Waals surface area contributed by atoms with Gasteiger partial charge in [-0.25, -0.2) is 0 Å². The largest absolute Gasteiger partial charge is 0.385 e. The lowest BCUT2D eigenvalue weighted by molar-refractivity contribution is 0.177. The molecule has 0 unspecified atom stereocenters. The summed E-state index contributed by atoms with van der Waals surface area (Å²) in [5.74, 6) is 0. The van der Waals surface area contributed by atoms with Gasteiger partial charge in [0, 0.05) is 19.0 Å². The van der Waals surface area contributed by atoms with E-state index in [9.17, 15) is 5.11 Å². The van der Waals surface area contributed by atoms with Gasteiger partial charge in [-0.1, -0.05) is 20.8 Å². The molecule has 1 rings (SSSR count). The molecule has 1 atom stereocenters. The Hall–Kier alpha value is -0.870. The second kappa shape index (κ2) is 3.71. The highest BCUT2D eigenvalue weighted by Crippen LogP contribution is 2.23. The zero-order valence-corrected chi connectivity index (χ0v) is 9.28. The van der Waals surface area contributed by atoms with Crippen LogP contribution >= 0.6 is 0 Å². The number of hydrogen-bond acceptors (Lipinski definition) is 3. The molecule has 80 valence electrons. The van der Waals surface area contributed by atoms with Crippen LogP contribution in [0.15, 0.2) is 6.07 Å². The topological polar surface area (TPSA) is 64.1 Å². The summed E-state index contributed by atoms with van der Waals surface area (Å²) >= 11 is 0. The number of aliphatic hydroxyl groups excluding tert-OH is 1. The molecule has 4 heteroatoms. The third kappa shape index (κ3) is 2.13. The molecule has 0 aromatic carbocycles. The number of nitrogens with zero attached hydrogens (tertiary/aromatic N) is 2. The molecule has 14 heavy (non-hydrogen) atoms. The van der Waals surface area contributed by atoms with Crippen molar-refractivity contribution in [3.63, 3.8) is 0 Å². The Morgan fingerprint density at radius 1 is 1.57 bits per heavy atom. The lowest BCUT2D eigenvalue weighted by Crippen LogP contribution is -2.14. The standard InChI is InChI=1S/C10H19N3O/c1-10(2,3)9-5-7(8(14)6-11)13(4)12-9/h5,8,14H,6,11H2,1-4H3/t8-/m0/s1. The molecular formula is C10H19N3O. The van der Waals surface area contributed by atoms with Crippen LogP contribution in [0, 0.1) is 0 Å². The van der Waals surface area contributed by atoms with E-state index < -0.39 is 6.10 Å². The van der Waals surface area contributed by atoms with Gasteiger partial charge in [0.1, 0.15) is 6.10 Å². The summed E-state index contributed by atoms with van der Waals surface area (Å²) in [5.41, 5.74) is 7.15. The predicted molar refractivity (Wildman–Crippen MR) is 55.9 cm³/mol. The zero-order valence-electron chi connectivity index (χ0n) is 9.28. The van der Waals surface area contributed by atoms with Gasteiger partial charge in [0.15, 0.2) is 0 Å². The van der Waals surface area contributed by atoms with Crippen LogP contribution in [0.3, 0.4) is 0 Å². The number of aliphatic hydroxyl groups is 1. The van der Waals surface area contributed by atoms with E-state index in [-0.39, 0.29) is 12.0 Å². The summed E-state index contributed by atoms with van der Waals surface area (Å²) in [7, 11) is 1.82. The van der Waals surface area contributed by atoms with Gasteiger partial charge in [0.2, 0.25) is 0 Å². The molecule has 0 spiro atoms. The van der Waals surface area contributed by atoms with E-state index in [2.05, 4.69) is 25.9 Å². The van der Waals surface area contributed by atoms with Crippen molar-refractivity contribution in [3.05, 3.63) is 17.5 Å². The summed E-state index contributed by atoms with van der Waals surface area (Å²) in [6.45, 7) is 6.50. The van der Waals surface area contributed by atoms with Crippen molar-refractivity contribution in [3.8, 4) is 0 Å².